The maximum atomic E-state index is 3.47. The molecule has 0 aromatic carbocycles. The Labute approximate surface area is 90.1 Å². The first-order valence-electron chi connectivity index (χ1n) is 6.16. The van der Waals surface area contributed by atoms with Gasteiger partial charge in [0, 0.05) is 19.1 Å². The van der Waals surface area contributed by atoms with Crippen molar-refractivity contribution in [3.63, 3.8) is 0 Å². The van der Waals surface area contributed by atoms with Gasteiger partial charge in [-0.3, -0.25) is 0 Å². The van der Waals surface area contributed by atoms with Crippen LogP contribution in [-0.4, -0.2) is 37.1 Å². The summed E-state index contributed by atoms with van der Waals surface area (Å²) in [5.74, 6) is 0. The van der Waals surface area contributed by atoms with Crippen LogP contribution in [0.15, 0.2) is 0 Å². The SMILES string of the molecule is CCCCN(CCC)CCNC(C)C. The third kappa shape index (κ3) is 8.52. The number of rotatable bonds is 9. The summed E-state index contributed by atoms with van der Waals surface area (Å²) in [7, 11) is 0. The van der Waals surface area contributed by atoms with E-state index in [1.807, 2.05) is 0 Å². The van der Waals surface area contributed by atoms with E-state index in [-0.39, 0.29) is 0 Å². The second kappa shape index (κ2) is 9.47. The lowest BCUT2D eigenvalue weighted by atomic mass is 10.3. The van der Waals surface area contributed by atoms with Crippen LogP contribution < -0.4 is 5.32 Å². The Hall–Kier alpha value is -0.0800. The molecule has 0 aliphatic carbocycles. The molecule has 14 heavy (non-hydrogen) atoms. The normalized spacial score (nSPS) is 11.6. The van der Waals surface area contributed by atoms with Crippen molar-refractivity contribution in [1.82, 2.24) is 10.2 Å². The Morgan fingerprint density at radius 2 is 1.71 bits per heavy atom. The van der Waals surface area contributed by atoms with Crippen LogP contribution in [0.4, 0.5) is 0 Å². The van der Waals surface area contributed by atoms with E-state index in [2.05, 4.69) is 37.9 Å². The fourth-order valence-corrected chi connectivity index (χ4v) is 1.54. The predicted octanol–water partition coefficient (Wildman–Crippen LogP) is 2.50. The smallest absolute Gasteiger partial charge is 0.0107 e. The molecule has 86 valence electrons. The summed E-state index contributed by atoms with van der Waals surface area (Å²) in [6, 6.07) is 0.615. The van der Waals surface area contributed by atoms with Gasteiger partial charge in [0.2, 0.25) is 0 Å². The van der Waals surface area contributed by atoms with Crippen LogP contribution in [0, 0.1) is 0 Å². The molecule has 0 aromatic heterocycles. The molecule has 0 aliphatic heterocycles. The molecule has 0 amide bonds. The van der Waals surface area contributed by atoms with E-state index in [0.717, 1.165) is 6.54 Å². The number of hydrogen-bond acceptors (Lipinski definition) is 2. The van der Waals surface area contributed by atoms with Crippen LogP contribution in [-0.2, 0) is 0 Å². The quantitative estimate of drug-likeness (QED) is 0.615. The van der Waals surface area contributed by atoms with Gasteiger partial charge in [0.05, 0.1) is 0 Å². The average Bonchev–Trinajstić information content (AvgIpc) is 2.13. The molecule has 0 heterocycles. The van der Waals surface area contributed by atoms with Crippen molar-refractivity contribution >= 4 is 0 Å². The average molecular weight is 200 g/mol. The molecule has 0 fully saturated rings. The van der Waals surface area contributed by atoms with Gasteiger partial charge in [-0.2, -0.15) is 0 Å². The number of nitrogens with one attached hydrogen (secondary N) is 1. The zero-order chi connectivity index (χ0) is 10.8. The summed E-state index contributed by atoms with van der Waals surface area (Å²) in [5, 5.41) is 3.47. The van der Waals surface area contributed by atoms with Gasteiger partial charge in [-0.05, 0) is 25.9 Å². The topological polar surface area (TPSA) is 15.3 Å². The van der Waals surface area contributed by atoms with Gasteiger partial charge in [0.1, 0.15) is 0 Å². The minimum absolute atomic E-state index is 0.615. The Bertz CT molecular complexity index is 113. The van der Waals surface area contributed by atoms with Crippen molar-refractivity contribution in [2.24, 2.45) is 0 Å². The first-order valence-corrected chi connectivity index (χ1v) is 6.16. The van der Waals surface area contributed by atoms with Crippen molar-refractivity contribution in [1.29, 1.82) is 0 Å². The lowest BCUT2D eigenvalue weighted by Gasteiger charge is -2.22. The van der Waals surface area contributed by atoms with Gasteiger partial charge >= 0.3 is 0 Å². The standard InChI is InChI=1S/C12H28N2/c1-5-7-10-14(9-6-2)11-8-13-12(3)4/h12-13H,5-11H2,1-4H3. The highest BCUT2D eigenvalue weighted by Crippen LogP contribution is 1.96. The van der Waals surface area contributed by atoms with E-state index < -0.39 is 0 Å². The summed E-state index contributed by atoms with van der Waals surface area (Å²) in [5.41, 5.74) is 0. The van der Waals surface area contributed by atoms with E-state index in [0.29, 0.717) is 6.04 Å². The van der Waals surface area contributed by atoms with Crippen molar-refractivity contribution in [2.45, 2.75) is 53.0 Å². The van der Waals surface area contributed by atoms with Gasteiger partial charge in [-0.1, -0.05) is 34.1 Å². The Morgan fingerprint density at radius 3 is 2.21 bits per heavy atom. The Balaban J connectivity index is 3.50. The number of unbranched alkanes of at least 4 members (excludes halogenated alkanes) is 1. The molecule has 2 nitrogen and oxygen atoms in total. The molecule has 0 aliphatic rings. The van der Waals surface area contributed by atoms with Crippen molar-refractivity contribution in [2.75, 3.05) is 26.2 Å². The van der Waals surface area contributed by atoms with Crippen LogP contribution in [0.1, 0.15) is 47.0 Å². The highest BCUT2D eigenvalue weighted by Gasteiger charge is 2.02. The largest absolute Gasteiger partial charge is 0.313 e. The minimum atomic E-state index is 0.615. The summed E-state index contributed by atoms with van der Waals surface area (Å²) < 4.78 is 0. The molecule has 0 aromatic rings. The monoisotopic (exact) mass is 200 g/mol. The third-order valence-electron chi connectivity index (χ3n) is 2.35. The molecular weight excluding hydrogens is 172 g/mol. The molecular formula is C12H28N2. The number of nitrogens with zero attached hydrogens (tertiary/aromatic N) is 1. The lowest BCUT2D eigenvalue weighted by molar-refractivity contribution is 0.267. The van der Waals surface area contributed by atoms with Gasteiger partial charge < -0.3 is 10.2 Å². The second-order valence-electron chi connectivity index (χ2n) is 4.30. The minimum Gasteiger partial charge on any atom is -0.313 e. The summed E-state index contributed by atoms with van der Waals surface area (Å²) >= 11 is 0. The Kier molecular flexibility index (Phi) is 9.42. The molecule has 2 heteroatoms. The van der Waals surface area contributed by atoms with E-state index in [1.54, 1.807) is 0 Å². The molecule has 0 saturated carbocycles. The van der Waals surface area contributed by atoms with E-state index >= 15 is 0 Å². The molecule has 0 rings (SSSR count). The Morgan fingerprint density at radius 1 is 1.00 bits per heavy atom. The molecule has 0 bridgehead atoms. The predicted molar refractivity (Wildman–Crippen MR) is 64.8 cm³/mol. The maximum Gasteiger partial charge on any atom is 0.0107 e. The summed E-state index contributed by atoms with van der Waals surface area (Å²) in [6.07, 6.45) is 3.91. The van der Waals surface area contributed by atoms with Crippen LogP contribution in [0.25, 0.3) is 0 Å². The first kappa shape index (κ1) is 13.9. The van der Waals surface area contributed by atoms with Crippen LogP contribution >= 0.6 is 0 Å². The van der Waals surface area contributed by atoms with Gasteiger partial charge in [-0.15, -0.1) is 0 Å². The maximum absolute atomic E-state index is 3.47. The zero-order valence-electron chi connectivity index (χ0n) is 10.5. The van der Waals surface area contributed by atoms with Crippen molar-refractivity contribution in [3.8, 4) is 0 Å². The van der Waals surface area contributed by atoms with Crippen molar-refractivity contribution < 1.29 is 0 Å². The van der Waals surface area contributed by atoms with Gasteiger partial charge in [0.25, 0.3) is 0 Å². The van der Waals surface area contributed by atoms with Crippen LogP contribution in [0.5, 0.6) is 0 Å². The fourth-order valence-electron chi connectivity index (χ4n) is 1.54. The highest BCUT2D eigenvalue weighted by molar-refractivity contribution is 4.60. The van der Waals surface area contributed by atoms with Crippen LogP contribution in [0.2, 0.25) is 0 Å². The van der Waals surface area contributed by atoms with E-state index in [1.165, 1.54) is 38.9 Å². The van der Waals surface area contributed by atoms with E-state index in [4.69, 9.17) is 0 Å². The molecule has 0 unspecified atom stereocenters. The third-order valence-corrected chi connectivity index (χ3v) is 2.35. The lowest BCUT2D eigenvalue weighted by Crippen LogP contribution is -2.35. The van der Waals surface area contributed by atoms with Gasteiger partial charge in [0.15, 0.2) is 0 Å². The first-order chi connectivity index (χ1) is 6.70. The summed E-state index contributed by atoms with van der Waals surface area (Å²) in [6.45, 7) is 13.8. The highest BCUT2D eigenvalue weighted by atomic mass is 15.1. The molecule has 0 atom stereocenters. The molecule has 1 N–H and O–H groups in total. The van der Waals surface area contributed by atoms with Crippen LogP contribution in [0.3, 0.4) is 0 Å². The molecule has 0 spiro atoms. The molecule has 0 saturated heterocycles. The zero-order valence-corrected chi connectivity index (χ0v) is 10.5. The number of hydrogen-bond donors (Lipinski definition) is 1. The van der Waals surface area contributed by atoms with Gasteiger partial charge in [-0.25, -0.2) is 0 Å². The molecule has 0 radical (unpaired) electrons. The fraction of sp³-hybridized carbons (Fsp3) is 1.00. The second-order valence-corrected chi connectivity index (χ2v) is 4.30. The van der Waals surface area contributed by atoms with Crippen molar-refractivity contribution in [3.05, 3.63) is 0 Å². The summed E-state index contributed by atoms with van der Waals surface area (Å²) in [4.78, 5) is 2.57. The van der Waals surface area contributed by atoms with E-state index in [9.17, 15) is 0 Å².